The minimum absolute atomic E-state index is 0.249. The molecule has 1 aliphatic rings. The average molecular weight is 124 g/mol. The Labute approximate surface area is 54.2 Å². The van der Waals surface area contributed by atoms with E-state index < -0.39 is 5.60 Å². The lowest BCUT2D eigenvalue weighted by Gasteiger charge is -2.03. The van der Waals surface area contributed by atoms with Crippen LogP contribution in [0.2, 0.25) is 0 Å². The largest absolute Gasteiger partial charge is 0.355 e. The first-order valence-electron chi connectivity index (χ1n) is 2.87. The summed E-state index contributed by atoms with van der Waals surface area (Å²) in [6.45, 7) is 0.249. The van der Waals surface area contributed by atoms with E-state index in [0.717, 1.165) is 19.1 Å². The van der Waals surface area contributed by atoms with Gasteiger partial charge >= 0.3 is 0 Å². The second-order valence-electron chi connectivity index (χ2n) is 2.18. The summed E-state index contributed by atoms with van der Waals surface area (Å²) in [7, 11) is 0. The van der Waals surface area contributed by atoms with Crippen LogP contribution < -0.4 is 0 Å². The summed E-state index contributed by atoms with van der Waals surface area (Å²) in [4.78, 5) is 10.2. The standard InChI is InChI=1S/C7H8O2/c1-2-5-9-7(6-8)3-4-7/h1,6H,3-5H2. The van der Waals surface area contributed by atoms with Gasteiger partial charge < -0.3 is 9.53 Å². The SMILES string of the molecule is C#CCOC1(C=O)CC1. The second kappa shape index (κ2) is 2.20. The number of terminal acetylenes is 1. The van der Waals surface area contributed by atoms with Crippen molar-refractivity contribution in [3.63, 3.8) is 0 Å². The first-order chi connectivity index (χ1) is 4.33. The van der Waals surface area contributed by atoms with Crippen LogP contribution in [0.25, 0.3) is 0 Å². The summed E-state index contributed by atoms with van der Waals surface area (Å²) in [5.41, 5.74) is -0.480. The van der Waals surface area contributed by atoms with E-state index in [1.165, 1.54) is 0 Å². The fourth-order valence-electron chi connectivity index (χ4n) is 0.605. The van der Waals surface area contributed by atoms with Gasteiger partial charge in [0, 0.05) is 0 Å². The highest BCUT2D eigenvalue weighted by molar-refractivity contribution is 5.66. The molecule has 0 spiro atoms. The molecule has 0 aromatic carbocycles. The molecule has 1 rings (SSSR count). The fraction of sp³-hybridized carbons (Fsp3) is 0.571. The smallest absolute Gasteiger partial charge is 0.151 e. The number of carbonyl (C=O) groups is 1. The van der Waals surface area contributed by atoms with Gasteiger partial charge in [-0.25, -0.2) is 0 Å². The van der Waals surface area contributed by atoms with Gasteiger partial charge in [0.2, 0.25) is 0 Å². The van der Waals surface area contributed by atoms with Crippen molar-refractivity contribution in [2.45, 2.75) is 18.4 Å². The summed E-state index contributed by atoms with van der Waals surface area (Å²) >= 11 is 0. The van der Waals surface area contributed by atoms with E-state index in [-0.39, 0.29) is 6.61 Å². The molecule has 0 aromatic rings. The van der Waals surface area contributed by atoms with Crippen LogP contribution in [-0.2, 0) is 9.53 Å². The van der Waals surface area contributed by atoms with Gasteiger partial charge in [-0.3, -0.25) is 0 Å². The van der Waals surface area contributed by atoms with Crippen LogP contribution in [0, 0.1) is 12.3 Å². The van der Waals surface area contributed by atoms with Crippen molar-refractivity contribution in [1.82, 2.24) is 0 Å². The lowest BCUT2D eigenvalue weighted by molar-refractivity contribution is -0.119. The lowest BCUT2D eigenvalue weighted by atomic mass is 10.4. The number of hydrogen-bond donors (Lipinski definition) is 0. The zero-order valence-electron chi connectivity index (χ0n) is 5.09. The van der Waals surface area contributed by atoms with Crippen molar-refractivity contribution in [1.29, 1.82) is 0 Å². The van der Waals surface area contributed by atoms with Crippen molar-refractivity contribution in [2.24, 2.45) is 0 Å². The molecule has 9 heavy (non-hydrogen) atoms. The van der Waals surface area contributed by atoms with Gasteiger partial charge in [0.05, 0.1) is 0 Å². The van der Waals surface area contributed by atoms with Crippen LogP contribution in [0.4, 0.5) is 0 Å². The number of ether oxygens (including phenoxy) is 1. The molecule has 0 aliphatic heterocycles. The van der Waals surface area contributed by atoms with Crippen LogP contribution >= 0.6 is 0 Å². The van der Waals surface area contributed by atoms with Crippen LogP contribution in [0.15, 0.2) is 0 Å². The second-order valence-corrected chi connectivity index (χ2v) is 2.18. The van der Waals surface area contributed by atoms with Gasteiger partial charge in [0.1, 0.15) is 12.2 Å². The molecule has 0 heterocycles. The van der Waals surface area contributed by atoms with Crippen LogP contribution in [0.1, 0.15) is 12.8 Å². The maximum absolute atomic E-state index is 10.2. The van der Waals surface area contributed by atoms with Crippen molar-refractivity contribution >= 4 is 6.29 Å². The van der Waals surface area contributed by atoms with Crippen molar-refractivity contribution in [3.05, 3.63) is 0 Å². The van der Waals surface area contributed by atoms with Crippen molar-refractivity contribution in [2.75, 3.05) is 6.61 Å². The summed E-state index contributed by atoms with van der Waals surface area (Å²) in [5, 5.41) is 0. The highest BCUT2D eigenvalue weighted by Crippen LogP contribution is 2.36. The van der Waals surface area contributed by atoms with Gasteiger partial charge in [-0.2, -0.15) is 0 Å². The zero-order chi connectivity index (χ0) is 6.74. The predicted molar refractivity (Wildman–Crippen MR) is 32.8 cm³/mol. The normalized spacial score (nSPS) is 20.3. The van der Waals surface area contributed by atoms with E-state index >= 15 is 0 Å². The van der Waals surface area contributed by atoms with Crippen LogP contribution in [0.5, 0.6) is 0 Å². The Morgan fingerprint density at radius 2 is 2.44 bits per heavy atom. The van der Waals surface area contributed by atoms with E-state index in [1.54, 1.807) is 0 Å². The Hall–Kier alpha value is -0.810. The molecule has 0 atom stereocenters. The van der Waals surface area contributed by atoms with Crippen LogP contribution in [-0.4, -0.2) is 18.5 Å². The molecule has 1 fully saturated rings. The Morgan fingerprint density at radius 1 is 1.78 bits per heavy atom. The summed E-state index contributed by atoms with van der Waals surface area (Å²) in [6.07, 6.45) is 7.43. The maximum atomic E-state index is 10.2. The Balaban J connectivity index is 2.27. The first-order valence-corrected chi connectivity index (χ1v) is 2.87. The monoisotopic (exact) mass is 124 g/mol. The Morgan fingerprint density at radius 3 is 2.78 bits per heavy atom. The zero-order valence-corrected chi connectivity index (χ0v) is 5.09. The van der Waals surface area contributed by atoms with Crippen molar-refractivity contribution in [3.8, 4) is 12.3 Å². The molecule has 0 amide bonds. The molecule has 0 unspecified atom stereocenters. The maximum Gasteiger partial charge on any atom is 0.151 e. The highest BCUT2D eigenvalue weighted by Gasteiger charge is 2.43. The molecule has 48 valence electrons. The minimum Gasteiger partial charge on any atom is -0.355 e. The quantitative estimate of drug-likeness (QED) is 0.401. The molecule has 2 nitrogen and oxygen atoms in total. The molecule has 0 aromatic heterocycles. The lowest BCUT2D eigenvalue weighted by Crippen LogP contribution is -2.15. The summed E-state index contributed by atoms with van der Waals surface area (Å²) < 4.78 is 5.03. The number of carbonyl (C=O) groups excluding carboxylic acids is 1. The van der Waals surface area contributed by atoms with Gasteiger partial charge in [-0.15, -0.1) is 6.42 Å². The Kier molecular flexibility index (Phi) is 1.54. The molecule has 0 bridgehead atoms. The van der Waals surface area contributed by atoms with Gasteiger partial charge in [0.25, 0.3) is 0 Å². The van der Waals surface area contributed by atoms with Gasteiger partial charge in [-0.05, 0) is 12.8 Å². The molecular formula is C7H8O2. The third-order valence-corrected chi connectivity index (χ3v) is 1.40. The fourth-order valence-corrected chi connectivity index (χ4v) is 0.605. The number of hydrogen-bond acceptors (Lipinski definition) is 2. The summed E-state index contributed by atoms with van der Waals surface area (Å²) in [6, 6.07) is 0. The average Bonchev–Trinajstić information content (AvgIpc) is 2.65. The van der Waals surface area contributed by atoms with Gasteiger partial charge in [0.15, 0.2) is 6.29 Å². The molecular weight excluding hydrogens is 116 g/mol. The molecule has 0 radical (unpaired) electrons. The highest BCUT2D eigenvalue weighted by atomic mass is 16.5. The van der Waals surface area contributed by atoms with Crippen LogP contribution in [0.3, 0.4) is 0 Å². The number of aldehydes is 1. The molecule has 0 N–H and O–H groups in total. The number of rotatable bonds is 3. The van der Waals surface area contributed by atoms with E-state index in [1.807, 2.05) is 0 Å². The van der Waals surface area contributed by atoms with E-state index in [2.05, 4.69) is 5.92 Å². The molecule has 1 aliphatic carbocycles. The van der Waals surface area contributed by atoms with E-state index in [9.17, 15) is 4.79 Å². The minimum atomic E-state index is -0.480. The molecule has 1 saturated carbocycles. The Bertz CT molecular complexity index is 151. The van der Waals surface area contributed by atoms with Gasteiger partial charge in [-0.1, -0.05) is 5.92 Å². The molecule has 0 saturated heterocycles. The van der Waals surface area contributed by atoms with E-state index in [0.29, 0.717) is 0 Å². The summed E-state index contributed by atoms with van der Waals surface area (Å²) in [5.74, 6) is 2.32. The van der Waals surface area contributed by atoms with Crippen molar-refractivity contribution < 1.29 is 9.53 Å². The third-order valence-electron chi connectivity index (χ3n) is 1.40. The first kappa shape index (κ1) is 6.31. The van der Waals surface area contributed by atoms with E-state index in [4.69, 9.17) is 11.2 Å². The molecule has 2 heteroatoms. The third kappa shape index (κ3) is 1.30. The predicted octanol–water partition coefficient (Wildman–Crippen LogP) is 0.368. The topological polar surface area (TPSA) is 26.3 Å².